The molecule has 1 unspecified atom stereocenters. The molecule has 0 radical (unpaired) electrons. The lowest BCUT2D eigenvalue weighted by molar-refractivity contribution is -0.121. The lowest BCUT2D eigenvalue weighted by atomic mass is 10.0. The van der Waals surface area contributed by atoms with E-state index in [1.54, 1.807) is 16.4 Å². The topological polar surface area (TPSA) is 74.6 Å². The van der Waals surface area contributed by atoms with Crippen LogP contribution in [0.4, 0.5) is 0 Å². The molecule has 2 fully saturated rings. The molecule has 1 N–H and O–H groups in total. The number of aromatic nitrogens is 1. The summed E-state index contributed by atoms with van der Waals surface area (Å²) in [5, 5.41) is 3.88. The van der Waals surface area contributed by atoms with Crippen molar-refractivity contribution < 1.29 is 13.2 Å². The number of rotatable bonds is 8. The minimum Gasteiger partial charge on any atom is -0.355 e. The summed E-state index contributed by atoms with van der Waals surface area (Å²) in [5.74, 6) is -0.0135. The number of carbonyl (C=O) groups is 1. The van der Waals surface area contributed by atoms with Crippen LogP contribution in [0.25, 0.3) is 10.9 Å². The van der Waals surface area contributed by atoms with Crippen molar-refractivity contribution in [3.8, 4) is 0 Å². The Labute approximate surface area is 198 Å². The fourth-order valence-electron chi connectivity index (χ4n) is 5.12. The third kappa shape index (κ3) is 5.97. The SMILES string of the molecule is CC1CCCCN1CCCNC(=O)Cn1ccc2cc(S(=O)(=O)N3CCCCCC3)ccc21. The van der Waals surface area contributed by atoms with Gasteiger partial charge in [0, 0.05) is 49.3 Å². The van der Waals surface area contributed by atoms with E-state index in [-0.39, 0.29) is 12.5 Å². The van der Waals surface area contributed by atoms with E-state index in [2.05, 4.69) is 17.1 Å². The second kappa shape index (κ2) is 11.0. The van der Waals surface area contributed by atoms with Crippen LogP contribution in [0.2, 0.25) is 0 Å². The number of sulfonamides is 1. The number of hydrogen-bond donors (Lipinski definition) is 1. The summed E-state index contributed by atoms with van der Waals surface area (Å²) in [6.07, 6.45) is 10.7. The van der Waals surface area contributed by atoms with Crippen LogP contribution in [0.1, 0.15) is 58.3 Å². The number of hydrogen-bond acceptors (Lipinski definition) is 4. The largest absolute Gasteiger partial charge is 0.355 e. The Morgan fingerprint density at radius 1 is 1.03 bits per heavy atom. The molecule has 1 aromatic carbocycles. The summed E-state index contributed by atoms with van der Waals surface area (Å²) in [5.41, 5.74) is 0.877. The van der Waals surface area contributed by atoms with E-state index in [0.717, 1.165) is 49.6 Å². The molecule has 1 atom stereocenters. The summed E-state index contributed by atoms with van der Waals surface area (Å²) >= 11 is 0. The monoisotopic (exact) mass is 474 g/mol. The molecule has 1 aromatic heterocycles. The van der Waals surface area contributed by atoms with Crippen LogP contribution >= 0.6 is 0 Å². The van der Waals surface area contributed by atoms with Gasteiger partial charge >= 0.3 is 0 Å². The van der Waals surface area contributed by atoms with Gasteiger partial charge in [-0.25, -0.2) is 8.42 Å². The highest BCUT2D eigenvalue weighted by atomic mass is 32.2. The molecule has 8 heteroatoms. The van der Waals surface area contributed by atoms with Crippen LogP contribution in [0, 0.1) is 0 Å². The van der Waals surface area contributed by atoms with Crippen molar-refractivity contribution in [2.24, 2.45) is 0 Å². The molecular formula is C25H38N4O3S. The van der Waals surface area contributed by atoms with Crippen molar-refractivity contribution in [3.63, 3.8) is 0 Å². The first-order valence-electron chi connectivity index (χ1n) is 12.5. The normalized spacial score (nSPS) is 21.2. The molecule has 182 valence electrons. The molecule has 0 saturated carbocycles. The van der Waals surface area contributed by atoms with Crippen LogP contribution in [0.5, 0.6) is 0 Å². The Morgan fingerprint density at radius 2 is 1.79 bits per heavy atom. The molecule has 2 aliphatic heterocycles. The van der Waals surface area contributed by atoms with Gasteiger partial charge < -0.3 is 14.8 Å². The number of nitrogens with one attached hydrogen (secondary N) is 1. The number of carbonyl (C=O) groups excluding carboxylic acids is 1. The van der Waals surface area contributed by atoms with Gasteiger partial charge in [0.2, 0.25) is 15.9 Å². The van der Waals surface area contributed by atoms with Crippen LogP contribution < -0.4 is 5.32 Å². The number of amides is 1. The first-order valence-corrected chi connectivity index (χ1v) is 14.0. The molecule has 2 aliphatic rings. The van der Waals surface area contributed by atoms with E-state index in [0.29, 0.717) is 30.6 Å². The predicted molar refractivity (Wildman–Crippen MR) is 132 cm³/mol. The Bertz CT molecular complexity index is 1040. The lowest BCUT2D eigenvalue weighted by Crippen LogP contribution is -2.39. The maximum atomic E-state index is 13.1. The third-order valence-electron chi connectivity index (χ3n) is 7.14. The molecule has 3 heterocycles. The standard InChI is InChI=1S/C25H38N4O3S/c1-21-9-4-7-14-27(21)15-8-13-26-25(30)20-28-18-12-22-19-23(10-11-24(22)28)33(31,32)29-16-5-2-3-6-17-29/h10-12,18-19,21H,2-9,13-17,20H2,1H3,(H,26,30). The van der Waals surface area contributed by atoms with E-state index in [1.807, 2.05) is 22.9 Å². The zero-order valence-electron chi connectivity index (χ0n) is 19.8. The van der Waals surface area contributed by atoms with Crippen molar-refractivity contribution >= 4 is 26.8 Å². The number of likely N-dealkylation sites (tertiary alicyclic amines) is 1. The third-order valence-corrected chi connectivity index (χ3v) is 9.04. The number of benzene rings is 1. The van der Waals surface area contributed by atoms with Gasteiger partial charge in [-0.1, -0.05) is 19.3 Å². The molecular weight excluding hydrogens is 436 g/mol. The van der Waals surface area contributed by atoms with Gasteiger partial charge in [0.15, 0.2) is 0 Å². The molecule has 4 rings (SSSR count). The summed E-state index contributed by atoms with van der Waals surface area (Å²) in [4.78, 5) is 15.3. The molecule has 33 heavy (non-hydrogen) atoms. The molecule has 1 amide bonds. The first kappa shape index (κ1) is 24.2. The smallest absolute Gasteiger partial charge is 0.243 e. The predicted octanol–water partition coefficient (Wildman–Crippen LogP) is 3.59. The molecule has 2 saturated heterocycles. The van der Waals surface area contributed by atoms with Gasteiger partial charge in [0.1, 0.15) is 6.54 Å². The maximum absolute atomic E-state index is 13.1. The van der Waals surface area contributed by atoms with E-state index in [4.69, 9.17) is 0 Å². The second-order valence-corrected chi connectivity index (χ2v) is 11.5. The van der Waals surface area contributed by atoms with Gasteiger partial charge in [-0.2, -0.15) is 4.31 Å². The second-order valence-electron chi connectivity index (χ2n) is 9.57. The maximum Gasteiger partial charge on any atom is 0.243 e. The van der Waals surface area contributed by atoms with E-state index in [1.165, 1.54) is 25.8 Å². The molecule has 0 aliphatic carbocycles. The Hall–Kier alpha value is -1.90. The fraction of sp³-hybridized carbons (Fsp3) is 0.640. The number of fused-ring (bicyclic) bond motifs is 1. The highest BCUT2D eigenvalue weighted by Gasteiger charge is 2.25. The van der Waals surface area contributed by atoms with Gasteiger partial charge in [0.25, 0.3) is 0 Å². The Morgan fingerprint density at radius 3 is 2.55 bits per heavy atom. The van der Waals surface area contributed by atoms with Crippen LogP contribution in [0.3, 0.4) is 0 Å². The summed E-state index contributed by atoms with van der Waals surface area (Å²) in [6, 6.07) is 7.78. The molecule has 2 aromatic rings. The Kier molecular flexibility index (Phi) is 8.09. The molecule has 7 nitrogen and oxygen atoms in total. The van der Waals surface area contributed by atoms with Gasteiger partial charge in [0.05, 0.1) is 4.90 Å². The van der Waals surface area contributed by atoms with Crippen molar-refractivity contribution in [1.82, 2.24) is 19.1 Å². The summed E-state index contributed by atoms with van der Waals surface area (Å²) in [7, 11) is -3.48. The summed E-state index contributed by atoms with van der Waals surface area (Å²) in [6.45, 7) is 6.60. The minimum absolute atomic E-state index is 0.0135. The zero-order chi connectivity index (χ0) is 23.3. The molecule has 0 spiro atoms. The highest BCUT2D eigenvalue weighted by Crippen LogP contribution is 2.25. The van der Waals surface area contributed by atoms with E-state index < -0.39 is 10.0 Å². The van der Waals surface area contributed by atoms with Gasteiger partial charge in [-0.15, -0.1) is 0 Å². The van der Waals surface area contributed by atoms with E-state index >= 15 is 0 Å². The van der Waals surface area contributed by atoms with Crippen LogP contribution in [0.15, 0.2) is 35.4 Å². The fourth-order valence-corrected chi connectivity index (χ4v) is 6.67. The van der Waals surface area contributed by atoms with Crippen LogP contribution in [-0.4, -0.2) is 66.9 Å². The average molecular weight is 475 g/mol. The zero-order valence-corrected chi connectivity index (χ0v) is 20.7. The Balaban J connectivity index is 1.33. The van der Waals surface area contributed by atoms with Gasteiger partial charge in [-0.3, -0.25) is 4.79 Å². The summed E-state index contributed by atoms with van der Waals surface area (Å²) < 4.78 is 29.7. The quantitative estimate of drug-likeness (QED) is 0.594. The number of nitrogens with zero attached hydrogens (tertiary/aromatic N) is 3. The minimum atomic E-state index is -3.48. The molecule has 0 bridgehead atoms. The van der Waals surface area contributed by atoms with Crippen molar-refractivity contribution in [2.45, 2.75) is 75.8 Å². The van der Waals surface area contributed by atoms with Gasteiger partial charge in [-0.05, 0) is 69.8 Å². The average Bonchev–Trinajstić information content (AvgIpc) is 3.00. The number of piperidine rings is 1. The highest BCUT2D eigenvalue weighted by molar-refractivity contribution is 7.89. The van der Waals surface area contributed by atoms with Crippen molar-refractivity contribution in [3.05, 3.63) is 30.5 Å². The van der Waals surface area contributed by atoms with E-state index in [9.17, 15) is 13.2 Å². The van der Waals surface area contributed by atoms with Crippen molar-refractivity contribution in [1.29, 1.82) is 0 Å². The lowest BCUT2D eigenvalue weighted by Gasteiger charge is -2.33. The van der Waals surface area contributed by atoms with Crippen molar-refractivity contribution in [2.75, 3.05) is 32.7 Å². The van der Waals surface area contributed by atoms with Crippen LogP contribution in [-0.2, 0) is 21.4 Å². The first-order chi connectivity index (χ1) is 15.9.